The largest absolute Gasteiger partial charge is 0.370 e. The average Bonchev–Trinajstić information content (AvgIpc) is 2.91. The number of piperidine rings is 1. The van der Waals surface area contributed by atoms with Gasteiger partial charge in [0.05, 0.1) is 24.9 Å². The van der Waals surface area contributed by atoms with E-state index in [1.165, 1.54) is 5.56 Å². The summed E-state index contributed by atoms with van der Waals surface area (Å²) in [6, 6.07) is 0. The van der Waals surface area contributed by atoms with Crippen molar-refractivity contribution in [1.82, 2.24) is 19.6 Å². The molecule has 2 saturated heterocycles. The van der Waals surface area contributed by atoms with Crippen molar-refractivity contribution in [2.24, 2.45) is 13.0 Å². The molecule has 0 aromatic carbocycles. The molecular formula is C17H28N4O2. The van der Waals surface area contributed by atoms with Crippen LogP contribution in [0, 0.1) is 5.92 Å². The van der Waals surface area contributed by atoms with Gasteiger partial charge in [-0.05, 0) is 12.8 Å². The summed E-state index contributed by atoms with van der Waals surface area (Å²) in [4.78, 5) is 16.8. The maximum Gasteiger partial charge on any atom is 0.225 e. The molecule has 1 amide bonds. The van der Waals surface area contributed by atoms with Crippen LogP contribution in [-0.4, -0.2) is 63.9 Å². The number of amides is 1. The highest BCUT2D eigenvalue weighted by molar-refractivity contribution is 5.78. The van der Waals surface area contributed by atoms with Crippen LogP contribution in [0.25, 0.3) is 0 Å². The van der Waals surface area contributed by atoms with Gasteiger partial charge < -0.3 is 9.64 Å². The fraction of sp³-hybridized carbons (Fsp3) is 0.765. The van der Waals surface area contributed by atoms with Crippen molar-refractivity contribution in [3.63, 3.8) is 0 Å². The van der Waals surface area contributed by atoms with Gasteiger partial charge in [0.15, 0.2) is 0 Å². The van der Waals surface area contributed by atoms with E-state index in [0.29, 0.717) is 0 Å². The third-order valence-electron chi connectivity index (χ3n) is 4.84. The number of carbonyl (C=O) groups excluding carboxylic acids is 1. The lowest BCUT2D eigenvalue weighted by atomic mass is 9.90. The Labute approximate surface area is 138 Å². The van der Waals surface area contributed by atoms with Gasteiger partial charge in [-0.25, -0.2) is 0 Å². The average molecular weight is 320 g/mol. The first-order valence-electron chi connectivity index (χ1n) is 8.60. The molecule has 1 atom stereocenters. The van der Waals surface area contributed by atoms with E-state index in [9.17, 15) is 4.79 Å². The minimum absolute atomic E-state index is 0.0558. The van der Waals surface area contributed by atoms with Crippen molar-refractivity contribution in [1.29, 1.82) is 0 Å². The molecule has 0 aliphatic carbocycles. The molecule has 128 valence electrons. The van der Waals surface area contributed by atoms with Crippen LogP contribution in [0.4, 0.5) is 0 Å². The van der Waals surface area contributed by atoms with E-state index in [1.54, 1.807) is 0 Å². The first-order chi connectivity index (χ1) is 11.0. The molecule has 2 fully saturated rings. The summed E-state index contributed by atoms with van der Waals surface area (Å²) in [5.74, 6) is 0.303. The summed E-state index contributed by atoms with van der Waals surface area (Å²) in [5, 5.41) is 4.25. The highest BCUT2D eigenvalue weighted by Gasteiger charge is 2.41. The second kappa shape index (κ2) is 6.61. The summed E-state index contributed by atoms with van der Waals surface area (Å²) in [7, 11) is 1.95. The highest BCUT2D eigenvalue weighted by atomic mass is 16.5. The Hall–Kier alpha value is -1.40. The molecule has 0 N–H and O–H groups in total. The molecule has 0 saturated carbocycles. The molecule has 1 aromatic heterocycles. The molecule has 0 radical (unpaired) electrons. The number of aryl methyl sites for hydroxylation is 1. The Morgan fingerprint density at radius 1 is 1.39 bits per heavy atom. The maximum atomic E-state index is 12.3. The molecule has 0 unspecified atom stereocenters. The molecule has 3 heterocycles. The van der Waals surface area contributed by atoms with Gasteiger partial charge in [-0.1, -0.05) is 13.8 Å². The number of ether oxygens (including phenoxy) is 1. The van der Waals surface area contributed by atoms with Gasteiger partial charge in [-0.3, -0.25) is 14.4 Å². The topological polar surface area (TPSA) is 50.6 Å². The zero-order valence-electron chi connectivity index (χ0n) is 14.5. The zero-order chi connectivity index (χ0) is 16.4. The van der Waals surface area contributed by atoms with Gasteiger partial charge in [0.25, 0.3) is 0 Å². The third-order valence-corrected chi connectivity index (χ3v) is 4.84. The lowest BCUT2D eigenvalue weighted by Gasteiger charge is -2.48. The van der Waals surface area contributed by atoms with Crippen LogP contribution in [0.1, 0.15) is 32.3 Å². The van der Waals surface area contributed by atoms with E-state index in [-0.39, 0.29) is 17.4 Å². The van der Waals surface area contributed by atoms with Crippen LogP contribution in [-0.2, 0) is 23.1 Å². The van der Waals surface area contributed by atoms with Gasteiger partial charge >= 0.3 is 0 Å². The molecule has 3 rings (SSSR count). The van der Waals surface area contributed by atoms with Gasteiger partial charge in [-0.15, -0.1) is 0 Å². The van der Waals surface area contributed by atoms with E-state index >= 15 is 0 Å². The summed E-state index contributed by atoms with van der Waals surface area (Å²) < 4.78 is 8.03. The Morgan fingerprint density at radius 2 is 2.22 bits per heavy atom. The minimum Gasteiger partial charge on any atom is -0.370 e. The number of hydrogen-bond donors (Lipinski definition) is 0. The van der Waals surface area contributed by atoms with Crippen LogP contribution in [0.5, 0.6) is 0 Å². The Balaban J connectivity index is 1.65. The molecule has 1 spiro atoms. The third kappa shape index (κ3) is 3.75. The van der Waals surface area contributed by atoms with Crippen LogP contribution in [0.3, 0.4) is 0 Å². The molecule has 1 aromatic rings. The van der Waals surface area contributed by atoms with E-state index in [1.807, 2.05) is 36.7 Å². The van der Waals surface area contributed by atoms with Crippen molar-refractivity contribution in [3.05, 3.63) is 18.0 Å². The number of aromatic nitrogens is 2. The number of carbonyl (C=O) groups is 1. The fourth-order valence-corrected chi connectivity index (χ4v) is 3.77. The van der Waals surface area contributed by atoms with Crippen molar-refractivity contribution in [2.75, 3.05) is 32.8 Å². The van der Waals surface area contributed by atoms with Gasteiger partial charge in [-0.2, -0.15) is 5.10 Å². The van der Waals surface area contributed by atoms with Crippen molar-refractivity contribution in [3.8, 4) is 0 Å². The lowest BCUT2D eigenvalue weighted by molar-refractivity contribution is -0.160. The van der Waals surface area contributed by atoms with Crippen molar-refractivity contribution < 1.29 is 9.53 Å². The van der Waals surface area contributed by atoms with Gasteiger partial charge in [0, 0.05) is 50.9 Å². The SMILES string of the molecule is CC(C)C(=O)N1CCC[C@]2(CN(Cc3cnn(C)c3)CCO2)C1. The molecule has 2 aliphatic rings. The summed E-state index contributed by atoms with van der Waals surface area (Å²) >= 11 is 0. The monoisotopic (exact) mass is 320 g/mol. The smallest absolute Gasteiger partial charge is 0.225 e. The Kier molecular flexibility index (Phi) is 4.73. The molecule has 6 nitrogen and oxygen atoms in total. The second-order valence-corrected chi connectivity index (χ2v) is 7.28. The van der Waals surface area contributed by atoms with Gasteiger partial charge in [0.2, 0.25) is 5.91 Å². The molecule has 6 heteroatoms. The number of morpholine rings is 1. The van der Waals surface area contributed by atoms with Gasteiger partial charge in [0.1, 0.15) is 0 Å². The van der Waals surface area contributed by atoms with Crippen LogP contribution >= 0.6 is 0 Å². The van der Waals surface area contributed by atoms with E-state index in [2.05, 4.69) is 16.2 Å². The normalized spacial score (nSPS) is 26.2. The van der Waals surface area contributed by atoms with E-state index in [0.717, 1.165) is 52.2 Å². The molecular weight excluding hydrogens is 292 g/mol. The van der Waals surface area contributed by atoms with E-state index in [4.69, 9.17) is 4.74 Å². The predicted octanol–water partition coefficient (Wildman–Crippen LogP) is 1.27. The zero-order valence-corrected chi connectivity index (χ0v) is 14.5. The summed E-state index contributed by atoms with van der Waals surface area (Å²) in [6.45, 7) is 9.01. The molecule has 23 heavy (non-hydrogen) atoms. The standard InChI is InChI=1S/C17H28N4O2/c1-14(2)16(22)21-6-4-5-17(13-21)12-20(7-8-23-17)11-15-9-18-19(3)10-15/h9-10,14H,4-8,11-13H2,1-3H3/t17-/m0/s1. The maximum absolute atomic E-state index is 12.3. The number of hydrogen-bond acceptors (Lipinski definition) is 4. The van der Waals surface area contributed by atoms with Crippen molar-refractivity contribution in [2.45, 2.75) is 38.8 Å². The minimum atomic E-state index is -0.191. The quantitative estimate of drug-likeness (QED) is 0.841. The fourth-order valence-electron chi connectivity index (χ4n) is 3.77. The second-order valence-electron chi connectivity index (χ2n) is 7.28. The first kappa shape index (κ1) is 16.5. The van der Waals surface area contributed by atoms with E-state index < -0.39 is 0 Å². The molecule has 0 bridgehead atoms. The number of nitrogens with zero attached hydrogens (tertiary/aromatic N) is 4. The van der Waals surface area contributed by atoms with Crippen LogP contribution < -0.4 is 0 Å². The Morgan fingerprint density at radius 3 is 2.91 bits per heavy atom. The van der Waals surface area contributed by atoms with Crippen LogP contribution in [0.15, 0.2) is 12.4 Å². The summed E-state index contributed by atoms with van der Waals surface area (Å²) in [6.07, 6.45) is 6.06. The highest BCUT2D eigenvalue weighted by Crippen LogP contribution is 2.30. The molecule has 2 aliphatic heterocycles. The number of rotatable bonds is 3. The lowest BCUT2D eigenvalue weighted by Crippen LogP contribution is -2.60. The Bertz CT molecular complexity index is 553. The first-order valence-corrected chi connectivity index (χ1v) is 8.60. The predicted molar refractivity (Wildman–Crippen MR) is 87.8 cm³/mol. The summed E-state index contributed by atoms with van der Waals surface area (Å²) in [5.41, 5.74) is 1.04. The van der Waals surface area contributed by atoms with Crippen LogP contribution in [0.2, 0.25) is 0 Å². The van der Waals surface area contributed by atoms with Crippen molar-refractivity contribution >= 4 is 5.91 Å². The number of likely N-dealkylation sites (tertiary alicyclic amines) is 1.